The molecule has 0 bridgehead atoms. The van der Waals surface area contributed by atoms with Crippen molar-refractivity contribution >= 4 is 23.2 Å². The highest BCUT2D eigenvalue weighted by molar-refractivity contribution is 6.35. The molecule has 100 valence electrons. The van der Waals surface area contributed by atoms with Crippen LogP contribution in [0.2, 0.25) is 10.0 Å². The summed E-state index contributed by atoms with van der Waals surface area (Å²) in [5.74, 6) is 0.587. The number of aliphatic hydroxyl groups is 1. The SMILES string of the molecule is CC(C)(C)/C(=C/COc1ccc(Cl)cc1Cl)CO. The molecule has 0 unspecified atom stereocenters. The fourth-order valence-corrected chi connectivity index (χ4v) is 1.90. The average Bonchev–Trinajstić information content (AvgIpc) is 2.25. The third-order valence-corrected chi connectivity index (χ3v) is 3.13. The van der Waals surface area contributed by atoms with Crippen molar-refractivity contribution in [2.75, 3.05) is 13.2 Å². The molecule has 4 heteroatoms. The molecule has 0 saturated carbocycles. The van der Waals surface area contributed by atoms with Gasteiger partial charge in [0.2, 0.25) is 0 Å². The van der Waals surface area contributed by atoms with E-state index >= 15 is 0 Å². The number of benzene rings is 1. The quantitative estimate of drug-likeness (QED) is 0.836. The smallest absolute Gasteiger partial charge is 0.138 e. The van der Waals surface area contributed by atoms with Gasteiger partial charge in [0.25, 0.3) is 0 Å². The maximum absolute atomic E-state index is 9.28. The Hall–Kier alpha value is -0.700. The minimum atomic E-state index is -0.0676. The summed E-state index contributed by atoms with van der Waals surface area (Å²) in [5, 5.41) is 10.3. The van der Waals surface area contributed by atoms with Gasteiger partial charge in [-0.2, -0.15) is 0 Å². The molecule has 0 aliphatic carbocycles. The van der Waals surface area contributed by atoms with E-state index in [1.165, 1.54) is 0 Å². The average molecular weight is 289 g/mol. The fraction of sp³-hybridized carbons (Fsp3) is 0.429. The zero-order chi connectivity index (χ0) is 13.8. The second-order valence-electron chi connectivity index (χ2n) is 5.02. The third-order valence-electron chi connectivity index (χ3n) is 2.60. The molecule has 0 fully saturated rings. The summed E-state index contributed by atoms with van der Waals surface area (Å²) in [6.45, 7) is 6.54. The van der Waals surface area contributed by atoms with Gasteiger partial charge in [0.15, 0.2) is 0 Å². The van der Waals surface area contributed by atoms with E-state index in [0.29, 0.717) is 22.4 Å². The second-order valence-corrected chi connectivity index (χ2v) is 5.87. The van der Waals surface area contributed by atoms with Crippen LogP contribution in [-0.2, 0) is 0 Å². The van der Waals surface area contributed by atoms with Crippen LogP contribution in [0.25, 0.3) is 0 Å². The standard InChI is InChI=1S/C14H18Cl2O2/c1-14(2,3)10(9-17)6-7-18-13-5-4-11(15)8-12(13)16/h4-6,8,17H,7,9H2,1-3H3/b10-6+. The van der Waals surface area contributed by atoms with E-state index < -0.39 is 0 Å². The summed E-state index contributed by atoms with van der Waals surface area (Å²) in [6, 6.07) is 5.09. The van der Waals surface area contributed by atoms with Crippen LogP contribution < -0.4 is 4.74 Å². The highest BCUT2D eigenvalue weighted by Gasteiger charge is 2.15. The Kier molecular flexibility index (Phi) is 5.51. The lowest BCUT2D eigenvalue weighted by Crippen LogP contribution is -2.14. The Morgan fingerprint density at radius 2 is 2.00 bits per heavy atom. The van der Waals surface area contributed by atoms with Gasteiger partial charge < -0.3 is 9.84 Å². The van der Waals surface area contributed by atoms with Gasteiger partial charge in [0.1, 0.15) is 12.4 Å². The number of hydrogen-bond acceptors (Lipinski definition) is 2. The van der Waals surface area contributed by atoms with E-state index in [1.54, 1.807) is 18.2 Å². The van der Waals surface area contributed by atoms with E-state index in [2.05, 4.69) is 0 Å². The number of aliphatic hydroxyl groups excluding tert-OH is 1. The van der Waals surface area contributed by atoms with Crippen molar-refractivity contribution in [3.8, 4) is 5.75 Å². The van der Waals surface area contributed by atoms with Gasteiger partial charge in [-0.1, -0.05) is 44.0 Å². The molecule has 0 heterocycles. The molecule has 0 radical (unpaired) electrons. The lowest BCUT2D eigenvalue weighted by Gasteiger charge is -2.21. The maximum Gasteiger partial charge on any atom is 0.138 e. The molecule has 18 heavy (non-hydrogen) atoms. The molecule has 0 aliphatic heterocycles. The topological polar surface area (TPSA) is 29.5 Å². The van der Waals surface area contributed by atoms with Crippen LogP contribution in [-0.4, -0.2) is 18.3 Å². The van der Waals surface area contributed by atoms with Gasteiger partial charge in [-0.15, -0.1) is 0 Å². The summed E-state index contributed by atoms with van der Waals surface area (Å²) in [7, 11) is 0. The van der Waals surface area contributed by atoms with Crippen LogP contribution in [0.1, 0.15) is 20.8 Å². The van der Waals surface area contributed by atoms with E-state index in [-0.39, 0.29) is 12.0 Å². The predicted octanol–water partition coefficient (Wildman–Crippen LogP) is 4.34. The minimum absolute atomic E-state index is 0.0290. The first-order chi connectivity index (χ1) is 8.34. The van der Waals surface area contributed by atoms with Crippen LogP contribution in [0.3, 0.4) is 0 Å². The first-order valence-corrected chi connectivity index (χ1v) is 6.48. The van der Waals surface area contributed by atoms with Crippen molar-refractivity contribution in [1.29, 1.82) is 0 Å². The highest BCUT2D eigenvalue weighted by atomic mass is 35.5. The van der Waals surface area contributed by atoms with Crippen LogP contribution in [0.15, 0.2) is 29.8 Å². The number of rotatable bonds is 4. The van der Waals surface area contributed by atoms with Crippen LogP contribution in [0, 0.1) is 5.41 Å². The molecule has 0 amide bonds. The summed E-state index contributed by atoms with van der Waals surface area (Å²) in [4.78, 5) is 0. The Bertz CT molecular complexity index is 434. The Morgan fingerprint density at radius 3 is 2.50 bits per heavy atom. The van der Waals surface area contributed by atoms with Crippen molar-refractivity contribution < 1.29 is 9.84 Å². The molecule has 0 spiro atoms. The summed E-state index contributed by atoms with van der Waals surface area (Å²) in [6.07, 6.45) is 1.88. The van der Waals surface area contributed by atoms with Gasteiger partial charge >= 0.3 is 0 Å². The second kappa shape index (κ2) is 6.46. The van der Waals surface area contributed by atoms with Crippen molar-refractivity contribution in [3.05, 3.63) is 39.9 Å². The van der Waals surface area contributed by atoms with E-state index in [9.17, 15) is 5.11 Å². The molecule has 2 nitrogen and oxygen atoms in total. The van der Waals surface area contributed by atoms with Crippen LogP contribution in [0.5, 0.6) is 5.75 Å². The van der Waals surface area contributed by atoms with Crippen LogP contribution >= 0.6 is 23.2 Å². The number of hydrogen-bond donors (Lipinski definition) is 1. The predicted molar refractivity (Wildman–Crippen MR) is 76.6 cm³/mol. The van der Waals surface area contributed by atoms with E-state index in [1.807, 2.05) is 26.8 Å². The lowest BCUT2D eigenvalue weighted by molar-refractivity contribution is 0.289. The van der Waals surface area contributed by atoms with Gasteiger partial charge in [-0.05, 0) is 35.3 Å². The number of ether oxygens (including phenoxy) is 1. The first-order valence-electron chi connectivity index (χ1n) is 5.73. The Labute approximate surface area is 118 Å². The summed E-state index contributed by atoms with van der Waals surface area (Å²) >= 11 is 11.8. The normalized spacial score (nSPS) is 12.7. The van der Waals surface area contributed by atoms with E-state index in [4.69, 9.17) is 27.9 Å². The summed E-state index contributed by atoms with van der Waals surface area (Å²) < 4.78 is 5.54. The Morgan fingerprint density at radius 1 is 1.33 bits per heavy atom. The third kappa shape index (κ3) is 4.52. The van der Waals surface area contributed by atoms with Gasteiger partial charge in [-0.3, -0.25) is 0 Å². The monoisotopic (exact) mass is 288 g/mol. The molecule has 1 rings (SSSR count). The fourth-order valence-electron chi connectivity index (χ4n) is 1.43. The largest absolute Gasteiger partial charge is 0.488 e. The zero-order valence-electron chi connectivity index (χ0n) is 10.8. The summed E-state index contributed by atoms with van der Waals surface area (Å²) in [5.41, 5.74) is 0.870. The molecular formula is C14H18Cl2O2. The van der Waals surface area contributed by atoms with Crippen molar-refractivity contribution in [3.63, 3.8) is 0 Å². The van der Waals surface area contributed by atoms with Crippen molar-refractivity contribution in [2.45, 2.75) is 20.8 Å². The number of halogens is 2. The molecular weight excluding hydrogens is 271 g/mol. The lowest BCUT2D eigenvalue weighted by atomic mass is 9.87. The minimum Gasteiger partial charge on any atom is -0.488 e. The molecule has 1 aromatic rings. The van der Waals surface area contributed by atoms with Gasteiger partial charge in [0, 0.05) is 5.02 Å². The zero-order valence-corrected chi connectivity index (χ0v) is 12.3. The molecule has 1 aromatic carbocycles. The van der Waals surface area contributed by atoms with Gasteiger partial charge in [-0.25, -0.2) is 0 Å². The first kappa shape index (κ1) is 15.4. The van der Waals surface area contributed by atoms with E-state index in [0.717, 1.165) is 5.57 Å². The molecule has 0 atom stereocenters. The van der Waals surface area contributed by atoms with Crippen molar-refractivity contribution in [2.24, 2.45) is 5.41 Å². The molecule has 0 saturated heterocycles. The van der Waals surface area contributed by atoms with Crippen LogP contribution in [0.4, 0.5) is 0 Å². The van der Waals surface area contributed by atoms with Crippen molar-refractivity contribution in [1.82, 2.24) is 0 Å². The Balaban J connectivity index is 2.68. The molecule has 0 aliphatic rings. The van der Waals surface area contributed by atoms with Gasteiger partial charge in [0.05, 0.1) is 11.6 Å². The molecule has 1 N–H and O–H groups in total. The molecule has 0 aromatic heterocycles. The highest BCUT2D eigenvalue weighted by Crippen LogP contribution is 2.28. The maximum atomic E-state index is 9.28.